The van der Waals surface area contributed by atoms with Crippen molar-refractivity contribution in [3.8, 4) is 0 Å². The van der Waals surface area contributed by atoms with Crippen LogP contribution < -0.4 is 10.2 Å². The Morgan fingerprint density at radius 2 is 1.92 bits per heavy atom. The zero-order chi connectivity index (χ0) is 19.2. The Labute approximate surface area is 160 Å². The molecule has 1 N–H and O–H groups in total. The van der Waals surface area contributed by atoms with Gasteiger partial charge in [-0.25, -0.2) is 8.42 Å². The summed E-state index contributed by atoms with van der Waals surface area (Å²) in [5.74, 6) is 0.166. The molecule has 0 aromatic heterocycles. The van der Waals surface area contributed by atoms with Crippen LogP contribution in [0.15, 0.2) is 23.1 Å². The molecule has 1 aromatic carbocycles. The van der Waals surface area contributed by atoms with E-state index in [0.29, 0.717) is 50.8 Å². The first-order valence-electron chi connectivity index (χ1n) is 8.69. The van der Waals surface area contributed by atoms with Crippen LogP contribution in [-0.2, 0) is 19.6 Å². The SMILES string of the molecule is CCN(CC)S(=O)(=O)c1ccc(N2CCOCC2)c(NC(=O)CSC)c1. The number of rotatable bonds is 8. The van der Waals surface area contributed by atoms with Gasteiger partial charge in [0, 0.05) is 26.2 Å². The molecular weight excluding hydrogens is 374 g/mol. The molecule has 0 aliphatic carbocycles. The van der Waals surface area contributed by atoms with Crippen LogP contribution in [0.1, 0.15) is 13.8 Å². The summed E-state index contributed by atoms with van der Waals surface area (Å²) in [7, 11) is -3.59. The zero-order valence-corrected chi connectivity index (χ0v) is 17.2. The van der Waals surface area contributed by atoms with Crippen molar-refractivity contribution in [2.45, 2.75) is 18.7 Å². The summed E-state index contributed by atoms with van der Waals surface area (Å²) in [5, 5.41) is 2.87. The third-order valence-corrected chi connectivity index (χ3v) is 6.81. The number of morpholine rings is 1. The molecule has 26 heavy (non-hydrogen) atoms. The second kappa shape index (κ2) is 9.59. The van der Waals surface area contributed by atoms with Gasteiger partial charge in [0.05, 0.1) is 35.2 Å². The summed E-state index contributed by atoms with van der Waals surface area (Å²) in [6.07, 6.45) is 1.85. The molecule has 7 nitrogen and oxygen atoms in total. The van der Waals surface area contributed by atoms with Crippen LogP contribution in [0.3, 0.4) is 0 Å². The van der Waals surface area contributed by atoms with Gasteiger partial charge in [-0.1, -0.05) is 13.8 Å². The highest BCUT2D eigenvalue weighted by atomic mass is 32.2. The Balaban J connectivity index is 2.42. The van der Waals surface area contributed by atoms with E-state index in [9.17, 15) is 13.2 Å². The molecule has 1 fully saturated rings. The van der Waals surface area contributed by atoms with E-state index in [4.69, 9.17) is 4.74 Å². The molecule has 9 heteroatoms. The number of nitrogens with one attached hydrogen (secondary N) is 1. The summed E-state index contributed by atoms with van der Waals surface area (Å²) in [4.78, 5) is 14.4. The van der Waals surface area contributed by atoms with Crippen molar-refractivity contribution in [2.24, 2.45) is 0 Å². The standard InChI is InChI=1S/C17H27N3O4S2/c1-4-20(5-2)26(22,23)14-6-7-16(19-8-10-24-11-9-19)15(12-14)18-17(21)13-25-3/h6-7,12H,4-5,8-11,13H2,1-3H3,(H,18,21). The van der Waals surface area contributed by atoms with Crippen LogP contribution in [0, 0.1) is 0 Å². The quantitative estimate of drug-likeness (QED) is 0.716. The molecule has 1 saturated heterocycles. The van der Waals surface area contributed by atoms with Crippen LogP contribution in [0.5, 0.6) is 0 Å². The van der Waals surface area contributed by atoms with Crippen LogP contribution in [0.4, 0.5) is 11.4 Å². The maximum atomic E-state index is 12.8. The van der Waals surface area contributed by atoms with E-state index in [2.05, 4.69) is 10.2 Å². The number of sulfonamides is 1. The number of amides is 1. The predicted octanol–water partition coefficient (Wildman–Crippen LogP) is 1.86. The largest absolute Gasteiger partial charge is 0.378 e. The smallest absolute Gasteiger partial charge is 0.243 e. The van der Waals surface area contributed by atoms with E-state index in [1.807, 2.05) is 20.1 Å². The summed E-state index contributed by atoms with van der Waals surface area (Å²) in [5.41, 5.74) is 1.35. The minimum atomic E-state index is -3.59. The van der Waals surface area contributed by atoms with E-state index in [-0.39, 0.29) is 10.8 Å². The van der Waals surface area contributed by atoms with E-state index < -0.39 is 10.0 Å². The lowest BCUT2D eigenvalue weighted by atomic mass is 10.2. The third-order valence-electron chi connectivity index (χ3n) is 4.21. The fourth-order valence-electron chi connectivity index (χ4n) is 2.89. The number of carbonyl (C=O) groups excluding carboxylic acids is 1. The van der Waals surface area contributed by atoms with Crippen LogP contribution in [-0.4, -0.2) is 70.0 Å². The molecule has 1 amide bonds. The highest BCUT2D eigenvalue weighted by Crippen LogP contribution is 2.31. The minimum absolute atomic E-state index is 0.149. The van der Waals surface area contributed by atoms with Crippen molar-refractivity contribution in [1.82, 2.24) is 4.31 Å². The number of carbonyl (C=O) groups is 1. The number of hydrogen-bond donors (Lipinski definition) is 1. The van der Waals surface area contributed by atoms with Crippen molar-refractivity contribution in [3.63, 3.8) is 0 Å². The van der Waals surface area contributed by atoms with E-state index in [1.54, 1.807) is 18.2 Å². The van der Waals surface area contributed by atoms with Gasteiger partial charge < -0.3 is 15.0 Å². The van der Waals surface area contributed by atoms with Gasteiger partial charge in [0.15, 0.2) is 0 Å². The predicted molar refractivity (Wildman–Crippen MR) is 107 cm³/mol. The Hall–Kier alpha value is -1.29. The first kappa shape index (κ1) is 21.0. The molecule has 1 heterocycles. The number of thioether (sulfide) groups is 1. The maximum Gasteiger partial charge on any atom is 0.243 e. The van der Waals surface area contributed by atoms with E-state index >= 15 is 0 Å². The van der Waals surface area contributed by atoms with Crippen molar-refractivity contribution in [3.05, 3.63) is 18.2 Å². The lowest BCUT2D eigenvalue weighted by molar-refractivity contribution is -0.113. The molecule has 1 aromatic rings. The summed E-state index contributed by atoms with van der Waals surface area (Å²) >= 11 is 1.42. The van der Waals surface area contributed by atoms with Gasteiger partial charge in [-0.3, -0.25) is 4.79 Å². The second-order valence-corrected chi connectivity index (χ2v) is 8.65. The highest BCUT2D eigenvalue weighted by molar-refractivity contribution is 7.99. The molecule has 0 saturated carbocycles. The minimum Gasteiger partial charge on any atom is -0.378 e. The average Bonchev–Trinajstić information content (AvgIpc) is 2.63. The first-order valence-corrected chi connectivity index (χ1v) is 11.5. The molecule has 0 atom stereocenters. The van der Waals surface area contributed by atoms with Gasteiger partial charge in [-0.2, -0.15) is 16.1 Å². The van der Waals surface area contributed by atoms with Gasteiger partial charge in [0.1, 0.15) is 0 Å². The molecule has 146 valence electrons. The van der Waals surface area contributed by atoms with Crippen LogP contribution in [0.2, 0.25) is 0 Å². The van der Waals surface area contributed by atoms with E-state index in [1.165, 1.54) is 16.1 Å². The van der Waals surface area contributed by atoms with Gasteiger partial charge in [-0.15, -0.1) is 0 Å². The van der Waals surface area contributed by atoms with Crippen molar-refractivity contribution >= 4 is 39.1 Å². The summed E-state index contributed by atoms with van der Waals surface area (Å²) in [6.45, 7) is 7.04. The topological polar surface area (TPSA) is 79.0 Å². The molecule has 0 spiro atoms. The Morgan fingerprint density at radius 1 is 1.27 bits per heavy atom. The van der Waals surface area contributed by atoms with Crippen molar-refractivity contribution in [1.29, 1.82) is 0 Å². The molecule has 2 rings (SSSR count). The fraction of sp³-hybridized carbons (Fsp3) is 0.588. The average molecular weight is 402 g/mol. The fourth-order valence-corrected chi connectivity index (χ4v) is 4.70. The number of anilines is 2. The molecule has 0 bridgehead atoms. The van der Waals surface area contributed by atoms with Crippen LogP contribution >= 0.6 is 11.8 Å². The first-order chi connectivity index (χ1) is 12.4. The van der Waals surface area contributed by atoms with Crippen LogP contribution in [0.25, 0.3) is 0 Å². The number of ether oxygens (including phenoxy) is 1. The van der Waals surface area contributed by atoms with Crippen molar-refractivity contribution < 1.29 is 17.9 Å². The Kier molecular flexibility index (Phi) is 7.75. The second-order valence-electron chi connectivity index (χ2n) is 5.85. The number of nitrogens with zero attached hydrogens (tertiary/aromatic N) is 2. The lowest BCUT2D eigenvalue weighted by Gasteiger charge is -2.31. The van der Waals surface area contributed by atoms with Gasteiger partial charge in [0.25, 0.3) is 0 Å². The van der Waals surface area contributed by atoms with Gasteiger partial charge >= 0.3 is 0 Å². The number of benzene rings is 1. The maximum absolute atomic E-state index is 12.8. The Bertz CT molecular complexity index is 715. The monoisotopic (exact) mass is 401 g/mol. The molecular formula is C17H27N3O4S2. The normalized spacial score (nSPS) is 15.3. The summed E-state index contributed by atoms with van der Waals surface area (Å²) < 4.78 is 32.4. The van der Waals surface area contributed by atoms with E-state index in [0.717, 1.165) is 5.69 Å². The number of hydrogen-bond acceptors (Lipinski definition) is 6. The molecule has 1 aliphatic rings. The Morgan fingerprint density at radius 3 is 2.50 bits per heavy atom. The van der Waals surface area contributed by atoms with Gasteiger partial charge in [0.2, 0.25) is 15.9 Å². The third kappa shape index (κ3) is 4.91. The molecule has 0 unspecified atom stereocenters. The van der Waals surface area contributed by atoms with Crippen molar-refractivity contribution in [2.75, 3.05) is 61.6 Å². The zero-order valence-electron chi connectivity index (χ0n) is 15.5. The highest BCUT2D eigenvalue weighted by Gasteiger charge is 2.24. The summed E-state index contributed by atoms with van der Waals surface area (Å²) in [6, 6.07) is 4.95. The van der Waals surface area contributed by atoms with Gasteiger partial charge in [-0.05, 0) is 24.5 Å². The molecule has 0 radical (unpaired) electrons. The molecule has 1 aliphatic heterocycles. The lowest BCUT2D eigenvalue weighted by Crippen LogP contribution is -2.37.